The van der Waals surface area contributed by atoms with Crippen LogP contribution in [0.3, 0.4) is 0 Å². The van der Waals surface area contributed by atoms with Gasteiger partial charge in [0.2, 0.25) is 17.8 Å². The fraction of sp³-hybridized carbons (Fsp3) is 0.474. The fourth-order valence-corrected chi connectivity index (χ4v) is 4.37. The van der Waals surface area contributed by atoms with Crippen LogP contribution in [0, 0.1) is 6.92 Å². The number of amides is 2. The second-order valence-electron chi connectivity index (χ2n) is 6.94. The molecule has 2 fully saturated rings. The van der Waals surface area contributed by atoms with E-state index in [0.717, 1.165) is 29.9 Å². The molecular formula is C19H23N5O2S. The lowest BCUT2D eigenvalue weighted by Crippen LogP contribution is -2.31. The highest BCUT2D eigenvalue weighted by Gasteiger charge is 2.28. The molecule has 4 rings (SSSR count). The van der Waals surface area contributed by atoms with Crippen LogP contribution in [0.1, 0.15) is 31.2 Å². The molecule has 2 amide bonds. The SMILES string of the molecule is Cc1ccc(-n2c(SCCN3C(=O)CCC3=O)nnc2N2CCCC2)cc1. The molecule has 7 nitrogen and oxygen atoms in total. The standard InChI is InChI=1S/C19H23N5O2S/c1-14-4-6-15(7-5-14)24-18(22-10-2-3-11-22)20-21-19(24)27-13-12-23-16(25)8-9-17(23)26/h4-7H,2-3,8-13H2,1H3. The van der Waals surface area contributed by atoms with Gasteiger partial charge in [-0.25, -0.2) is 0 Å². The fourth-order valence-electron chi connectivity index (χ4n) is 3.50. The molecule has 142 valence electrons. The van der Waals surface area contributed by atoms with Crippen LogP contribution >= 0.6 is 11.8 Å². The van der Waals surface area contributed by atoms with Crippen LogP contribution in [-0.4, -0.2) is 56.9 Å². The maximum atomic E-state index is 11.8. The molecule has 0 aliphatic carbocycles. The number of aryl methyl sites for hydroxylation is 1. The normalized spacial score (nSPS) is 17.4. The van der Waals surface area contributed by atoms with E-state index in [9.17, 15) is 9.59 Å². The van der Waals surface area contributed by atoms with Crippen LogP contribution in [0.2, 0.25) is 0 Å². The van der Waals surface area contributed by atoms with Gasteiger partial charge in [0.15, 0.2) is 5.16 Å². The number of aromatic nitrogens is 3. The predicted octanol–water partition coefficient (Wildman–Crippen LogP) is 2.42. The lowest BCUT2D eigenvalue weighted by atomic mass is 10.2. The first kappa shape index (κ1) is 18.0. The summed E-state index contributed by atoms with van der Waals surface area (Å²) in [6, 6.07) is 8.32. The van der Waals surface area contributed by atoms with Crippen molar-refractivity contribution >= 4 is 29.5 Å². The number of imide groups is 1. The third kappa shape index (κ3) is 3.71. The Labute approximate surface area is 162 Å². The average molecular weight is 385 g/mol. The van der Waals surface area contributed by atoms with Crippen molar-refractivity contribution < 1.29 is 9.59 Å². The number of hydrogen-bond acceptors (Lipinski definition) is 6. The van der Waals surface area contributed by atoms with Gasteiger partial charge in [0, 0.05) is 38.2 Å². The van der Waals surface area contributed by atoms with E-state index < -0.39 is 0 Å². The number of carbonyl (C=O) groups is 2. The predicted molar refractivity (Wildman–Crippen MR) is 104 cm³/mol. The Hall–Kier alpha value is -2.35. The molecule has 0 spiro atoms. The zero-order chi connectivity index (χ0) is 18.8. The van der Waals surface area contributed by atoms with Crippen molar-refractivity contribution in [3.05, 3.63) is 29.8 Å². The summed E-state index contributed by atoms with van der Waals surface area (Å²) in [5.74, 6) is 1.34. The number of hydrogen-bond donors (Lipinski definition) is 0. The number of anilines is 1. The molecule has 0 saturated carbocycles. The Balaban J connectivity index is 1.55. The molecule has 27 heavy (non-hydrogen) atoms. The first-order valence-corrected chi connectivity index (χ1v) is 10.4. The van der Waals surface area contributed by atoms with Crippen molar-refractivity contribution in [3.8, 4) is 5.69 Å². The van der Waals surface area contributed by atoms with E-state index in [1.807, 2.05) is 0 Å². The highest BCUT2D eigenvalue weighted by molar-refractivity contribution is 7.99. The molecule has 2 aromatic rings. The van der Waals surface area contributed by atoms with Crippen molar-refractivity contribution in [3.63, 3.8) is 0 Å². The first-order valence-electron chi connectivity index (χ1n) is 9.37. The molecular weight excluding hydrogens is 362 g/mol. The Morgan fingerprint density at radius 1 is 1.00 bits per heavy atom. The van der Waals surface area contributed by atoms with Crippen LogP contribution in [0.25, 0.3) is 5.69 Å². The Kier molecular flexibility index (Phi) is 5.15. The van der Waals surface area contributed by atoms with Crippen LogP contribution in [-0.2, 0) is 9.59 Å². The van der Waals surface area contributed by atoms with Gasteiger partial charge in [-0.2, -0.15) is 0 Å². The van der Waals surface area contributed by atoms with E-state index in [2.05, 4.69) is 50.9 Å². The van der Waals surface area contributed by atoms with Gasteiger partial charge in [-0.15, -0.1) is 10.2 Å². The largest absolute Gasteiger partial charge is 0.341 e. The summed E-state index contributed by atoms with van der Waals surface area (Å²) in [5, 5.41) is 9.65. The van der Waals surface area contributed by atoms with Gasteiger partial charge in [0.25, 0.3) is 0 Å². The second-order valence-corrected chi connectivity index (χ2v) is 8.00. The summed E-state index contributed by atoms with van der Waals surface area (Å²) in [6.07, 6.45) is 3.01. The van der Waals surface area contributed by atoms with E-state index in [4.69, 9.17) is 0 Å². The lowest BCUT2D eigenvalue weighted by molar-refractivity contribution is -0.137. The van der Waals surface area contributed by atoms with Gasteiger partial charge < -0.3 is 4.90 Å². The Morgan fingerprint density at radius 2 is 1.67 bits per heavy atom. The quantitative estimate of drug-likeness (QED) is 0.562. The number of likely N-dealkylation sites (tertiary alicyclic amines) is 1. The Morgan fingerprint density at radius 3 is 2.33 bits per heavy atom. The average Bonchev–Trinajstić information content (AvgIpc) is 3.39. The minimum atomic E-state index is -0.0710. The third-order valence-corrected chi connectivity index (χ3v) is 5.91. The summed E-state index contributed by atoms with van der Waals surface area (Å²) < 4.78 is 2.09. The van der Waals surface area contributed by atoms with E-state index in [-0.39, 0.29) is 11.8 Å². The number of nitrogens with zero attached hydrogens (tertiary/aromatic N) is 5. The van der Waals surface area contributed by atoms with E-state index >= 15 is 0 Å². The smallest absolute Gasteiger partial charge is 0.232 e. The molecule has 8 heteroatoms. The van der Waals surface area contributed by atoms with Gasteiger partial charge >= 0.3 is 0 Å². The second kappa shape index (κ2) is 7.72. The van der Waals surface area contributed by atoms with Crippen LogP contribution in [0.15, 0.2) is 29.4 Å². The zero-order valence-corrected chi connectivity index (χ0v) is 16.2. The number of benzene rings is 1. The van der Waals surface area contributed by atoms with Crippen molar-refractivity contribution in [2.45, 2.75) is 37.8 Å². The summed E-state index contributed by atoms with van der Waals surface area (Å²) in [7, 11) is 0. The number of carbonyl (C=O) groups excluding carboxylic acids is 2. The molecule has 0 atom stereocenters. The maximum absolute atomic E-state index is 11.8. The van der Waals surface area contributed by atoms with Gasteiger partial charge in [-0.05, 0) is 31.9 Å². The van der Waals surface area contributed by atoms with Gasteiger partial charge in [-0.3, -0.25) is 19.1 Å². The molecule has 2 aliphatic rings. The summed E-state index contributed by atoms with van der Waals surface area (Å²) in [4.78, 5) is 27.2. The van der Waals surface area contributed by atoms with E-state index in [0.29, 0.717) is 25.1 Å². The summed E-state index contributed by atoms with van der Waals surface area (Å²) >= 11 is 1.53. The molecule has 2 saturated heterocycles. The molecule has 0 unspecified atom stereocenters. The highest BCUT2D eigenvalue weighted by Crippen LogP contribution is 2.29. The molecule has 0 radical (unpaired) electrons. The van der Waals surface area contributed by atoms with Gasteiger partial charge in [0.05, 0.1) is 5.69 Å². The summed E-state index contributed by atoms with van der Waals surface area (Å²) in [6.45, 7) is 4.47. The molecule has 1 aromatic carbocycles. The number of thioether (sulfide) groups is 1. The van der Waals surface area contributed by atoms with Gasteiger partial charge in [-0.1, -0.05) is 29.5 Å². The number of rotatable bonds is 6. The Bertz CT molecular complexity index is 826. The van der Waals surface area contributed by atoms with Crippen molar-refractivity contribution in [1.29, 1.82) is 0 Å². The maximum Gasteiger partial charge on any atom is 0.232 e. The monoisotopic (exact) mass is 385 g/mol. The molecule has 2 aliphatic heterocycles. The van der Waals surface area contributed by atoms with Crippen LogP contribution in [0.4, 0.5) is 5.95 Å². The molecule has 0 N–H and O–H groups in total. The third-order valence-electron chi connectivity index (χ3n) is 5.00. The lowest BCUT2D eigenvalue weighted by Gasteiger charge is -2.19. The van der Waals surface area contributed by atoms with E-state index in [1.165, 1.54) is 35.1 Å². The first-order chi connectivity index (χ1) is 13.1. The molecule has 0 bridgehead atoms. The highest BCUT2D eigenvalue weighted by atomic mass is 32.2. The molecule has 1 aromatic heterocycles. The molecule has 3 heterocycles. The summed E-state index contributed by atoms with van der Waals surface area (Å²) in [5.41, 5.74) is 2.23. The zero-order valence-electron chi connectivity index (χ0n) is 15.4. The van der Waals surface area contributed by atoms with Crippen molar-refractivity contribution in [2.75, 3.05) is 30.3 Å². The minimum Gasteiger partial charge on any atom is -0.341 e. The van der Waals surface area contributed by atoms with Gasteiger partial charge in [0.1, 0.15) is 0 Å². The van der Waals surface area contributed by atoms with Crippen LogP contribution < -0.4 is 4.90 Å². The topological polar surface area (TPSA) is 71.3 Å². The van der Waals surface area contributed by atoms with Crippen LogP contribution in [0.5, 0.6) is 0 Å². The van der Waals surface area contributed by atoms with Crippen molar-refractivity contribution in [2.24, 2.45) is 0 Å². The van der Waals surface area contributed by atoms with Crippen molar-refractivity contribution in [1.82, 2.24) is 19.7 Å². The van der Waals surface area contributed by atoms with E-state index in [1.54, 1.807) is 0 Å². The minimum absolute atomic E-state index is 0.0710.